The first-order valence-electron chi connectivity index (χ1n) is 11.2. The quantitative estimate of drug-likeness (QED) is 0.298. The van der Waals surface area contributed by atoms with Crippen molar-refractivity contribution in [3.05, 3.63) is 35.9 Å². The normalized spacial score (nSPS) is 11.8. The highest BCUT2D eigenvalue weighted by Gasteiger charge is 2.22. The van der Waals surface area contributed by atoms with E-state index in [0.29, 0.717) is 19.4 Å². The van der Waals surface area contributed by atoms with E-state index in [2.05, 4.69) is 5.32 Å². The van der Waals surface area contributed by atoms with Crippen LogP contribution in [0.4, 0.5) is 0 Å². The molecular weight excluding hydrogens is 366 g/mol. The molecule has 0 saturated carbocycles. The van der Waals surface area contributed by atoms with Crippen LogP contribution < -0.4 is 5.32 Å². The molecule has 5 nitrogen and oxygen atoms in total. The Bertz CT molecular complexity index is 547. The average Bonchev–Trinajstić information content (AvgIpc) is 2.72. The van der Waals surface area contributed by atoms with E-state index >= 15 is 0 Å². The van der Waals surface area contributed by atoms with Gasteiger partial charge in [-0.05, 0) is 25.3 Å². The molecule has 0 fully saturated rings. The summed E-state index contributed by atoms with van der Waals surface area (Å²) >= 11 is 0. The molecular formula is C24H39NO4. The predicted molar refractivity (Wildman–Crippen MR) is 117 cm³/mol. The Morgan fingerprint density at radius 2 is 1.48 bits per heavy atom. The van der Waals surface area contributed by atoms with Crippen molar-refractivity contribution in [3.8, 4) is 0 Å². The summed E-state index contributed by atoms with van der Waals surface area (Å²) in [4.78, 5) is 24.5. The highest BCUT2D eigenvalue weighted by molar-refractivity contribution is 5.84. The lowest BCUT2D eigenvalue weighted by atomic mass is 10.0. The Morgan fingerprint density at radius 1 is 0.897 bits per heavy atom. The van der Waals surface area contributed by atoms with E-state index in [4.69, 9.17) is 9.47 Å². The van der Waals surface area contributed by atoms with Crippen molar-refractivity contribution in [2.24, 2.45) is 0 Å². The monoisotopic (exact) mass is 405 g/mol. The number of methoxy groups -OCH3 is 1. The van der Waals surface area contributed by atoms with E-state index < -0.39 is 6.04 Å². The highest BCUT2D eigenvalue weighted by atomic mass is 16.5. The number of benzene rings is 1. The van der Waals surface area contributed by atoms with Crippen LogP contribution in [0.3, 0.4) is 0 Å². The number of amides is 1. The zero-order valence-corrected chi connectivity index (χ0v) is 18.3. The maximum absolute atomic E-state index is 12.3. The lowest BCUT2D eigenvalue weighted by molar-refractivity contribution is -0.147. The predicted octanol–water partition coefficient (Wildman–Crippen LogP) is 4.82. The first-order chi connectivity index (χ1) is 14.2. The molecule has 1 rings (SSSR count). The van der Waals surface area contributed by atoms with Gasteiger partial charge in [0.1, 0.15) is 6.04 Å². The van der Waals surface area contributed by atoms with E-state index in [0.717, 1.165) is 37.9 Å². The molecule has 0 saturated heterocycles. The van der Waals surface area contributed by atoms with Gasteiger partial charge in [-0.25, -0.2) is 4.79 Å². The van der Waals surface area contributed by atoms with Crippen LogP contribution in [-0.2, 0) is 25.5 Å². The minimum atomic E-state index is -0.622. The maximum atomic E-state index is 12.3. The molecule has 0 aliphatic heterocycles. The molecule has 0 radical (unpaired) electrons. The molecule has 29 heavy (non-hydrogen) atoms. The summed E-state index contributed by atoms with van der Waals surface area (Å²) in [6.07, 6.45) is 11.5. The fraction of sp³-hybridized carbons (Fsp3) is 0.667. The highest BCUT2D eigenvalue weighted by Crippen LogP contribution is 2.11. The number of hydrogen-bond acceptors (Lipinski definition) is 4. The Kier molecular flexibility index (Phi) is 14.8. The van der Waals surface area contributed by atoms with Crippen molar-refractivity contribution >= 4 is 11.9 Å². The summed E-state index contributed by atoms with van der Waals surface area (Å²) in [5, 5.41) is 2.86. The van der Waals surface area contributed by atoms with Crippen molar-refractivity contribution in [1.82, 2.24) is 5.32 Å². The van der Waals surface area contributed by atoms with Crippen molar-refractivity contribution in [2.45, 2.75) is 83.6 Å². The number of esters is 1. The van der Waals surface area contributed by atoms with Gasteiger partial charge in [0.05, 0.1) is 6.61 Å². The summed E-state index contributed by atoms with van der Waals surface area (Å²) in [5.41, 5.74) is 1.01. The summed E-state index contributed by atoms with van der Waals surface area (Å²) < 4.78 is 10.2. The molecule has 0 aromatic heterocycles. The van der Waals surface area contributed by atoms with Crippen molar-refractivity contribution in [1.29, 1.82) is 0 Å². The summed E-state index contributed by atoms with van der Waals surface area (Å²) in [5.74, 6) is -0.438. The zero-order chi connectivity index (χ0) is 21.2. The molecule has 0 unspecified atom stereocenters. The van der Waals surface area contributed by atoms with Gasteiger partial charge in [0.15, 0.2) is 0 Å². The van der Waals surface area contributed by atoms with Gasteiger partial charge >= 0.3 is 5.97 Å². The molecule has 1 amide bonds. The Balaban J connectivity index is 2.18. The van der Waals surface area contributed by atoms with Crippen molar-refractivity contribution < 1.29 is 19.1 Å². The van der Waals surface area contributed by atoms with Crippen molar-refractivity contribution in [2.75, 3.05) is 20.3 Å². The molecule has 0 heterocycles. The second-order valence-electron chi connectivity index (χ2n) is 7.49. The van der Waals surface area contributed by atoms with Gasteiger partial charge in [-0.3, -0.25) is 4.79 Å². The Hall–Kier alpha value is -1.88. The molecule has 5 heteroatoms. The van der Waals surface area contributed by atoms with Crippen LogP contribution in [0.5, 0.6) is 0 Å². The third-order valence-electron chi connectivity index (χ3n) is 4.94. The fourth-order valence-electron chi connectivity index (χ4n) is 3.32. The number of hydrogen-bond donors (Lipinski definition) is 1. The first-order valence-corrected chi connectivity index (χ1v) is 11.2. The van der Waals surface area contributed by atoms with Gasteiger partial charge in [0.2, 0.25) is 5.91 Å². The van der Waals surface area contributed by atoms with E-state index in [-0.39, 0.29) is 11.9 Å². The number of unbranched alkanes of at least 4 members (excludes halogenated alkanes) is 8. The van der Waals surface area contributed by atoms with E-state index in [1.54, 1.807) is 14.0 Å². The lowest BCUT2D eigenvalue weighted by Gasteiger charge is -2.17. The zero-order valence-electron chi connectivity index (χ0n) is 18.3. The molecule has 1 atom stereocenters. The van der Waals surface area contributed by atoms with Gasteiger partial charge < -0.3 is 14.8 Å². The smallest absolute Gasteiger partial charge is 0.328 e. The molecule has 0 spiro atoms. The minimum absolute atomic E-state index is 0.0721. The van der Waals surface area contributed by atoms with E-state index in [1.165, 1.54) is 32.1 Å². The molecule has 1 aromatic rings. The van der Waals surface area contributed by atoms with Gasteiger partial charge in [-0.1, -0.05) is 75.3 Å². The van der Waals surface area contributed by atoms with Gasteiger partial charge in [-0.15, -0.1) is 0 Å². The Morgan fingerprint density at radius 3 is 2.07 bits per heavy atom. The van der Waals surface area contributed by atoms with Crippen LogP contribution in [0.2, 0.25) is 0 Å². The van der Waals surface area contributed by atoms with Crippen LogP contribution in [-0.4, -0.2) is 38.2 Å². The number of nitrogens with one attached hydrogen (secondary N) is 1. The maximum Gasteiger partial charge on any atom is 0.328 e. The van der Waals surface area contributed by atoms with Gasteiger partial charge in [0.25, 0.3) is 0 Å². The van der Waals surface area contributed by atoms with Gasteiger partial charge in [0, 0.05) is 26.6 Å². The topological polar surface area (TPSA) is 64.6 Å². The molecule has 0 bridgehead atoms. The van der Waals surface area contributed by atoms with E-state index in [9.17, 15) is 9.59 Å². The standard InChI is InChI=1S/C24H39NO4/c1-3-29-24(27)22(20-21-16-12-11-13-17-21)25-23(26)18-14-9-7-5-4-6-8-10-15-19-28-2/h11-13,16-17,22H,3-10,14-15,18-20H2,1-2H3,(H,25,26)/t22-/m0/s1. The lowest BCUT2D eigenvalue weighted by Crippen LogP contribution is -2.43. The second kappa shape index (κ2) is 17.0. The molecule has 0 aliphatic rings. The number of carbonyl (C=O) groups is 2. The summed E-state index contributed by atoms with van der Waals surface area (Å²) in [7, 11) is 1.75. The van der Waals surface area contributed by atoms with Crippen LogP contribution >= 0.6 is 0 Å². The SMILES string of the molecule is CCOC(=O)[C@H](Cc1ccccc1)NC(=O)CCCCCCCCCCCOC. The third-order valence-corrected chi connectivity index (χ3v) is 4.94. The number of rotatable bonds is 17. The third kappa shape index (κ3) is 13.1. The molecule has 0 aliphatic carbocycles. The van der Waals surface area contributed by atoms with Crippen LogP contribution in [0.1, 0.15) is 76.7 Å². The van der Waals surface area contributed by atoms with Crippen LogP contribution in [0.25, 0.3) is 0 Å². The van der Waals surface area contributed by atoms with Crippen molar-refractivity contribution in [3.63, 3.8) is 0 Å². The molecule has 1 N–H and O–H groups in total. The van der Waals surface area contributed by atoms with Crippen LogP contribution in [0, 0.1) is 0 Å². The Labute approximate surface area is 176 Å². The second-order valence-corrected chi connectivity index (χ2v) is 7.49. The summed E-state index contributed by atoms with van der Waals surface area (Å²) in [6, 6.07) is 9.08. The first kappa shape index (κ1) is 25.2. The molecule has 1 aromatic carbocycles. The summed E-state index contributed by atoms with van der Waals surface area (Å²) in [6.45, 7) is 2.95. The van der Waals surface area contributed by atoms with E-state index in [1.807, 2.05) is 30.3 Å². The number of carbonyl (C=O) groups excluding carboxylic acids is 2. The number of ether oxygens (including phenoxy) is 2. The fourth-order valence-corrected chi connectivity index (χ4v) is 3.32. The average molecular weight is 406 g/mol. The molecule has 164 valence electrons. The van der Waals surface area contributed by atoms with Gasteiger partial charge in [-0.2, -0.15) is 0 Å². The van der Waals surface area contributed by atoms with Crippen LogP contribution in [0.15, 0.2) is 30.3 Å². The minimum Gasteiger partial charge on any atom is -0.464 e. The largest absolute Gasteiger partial charge is 0.464 e.